The van der Waals surface area contributed by atoms with Crippen LogP contribution in [0.1, 0.15) is 0 Å². The van der Waals surface area contributed by atoms with Gasteiger partial charge in [0.05, 0.1) is 13.2 Å². The summed E-state index contributed by atoms with van der Waals surface area (Å²) in [6, 6.07) is 0. The van der Waals surface area contributed by atoms with Crippen molar-refractivity contribution in [2.75, 3.05) is 13.2 Å². The summed E-state index contributed by atoms with van der Waals surface area (Å²) in [6.07, 6.45) is -0.470. The number of aliphatic hydroxyl groups is 1. The quantitative estimate of drug-likeness (QED) is 0.408. The molecule has 46 valence electrons. The fraction of sp³-hybridized carbons (Fsp3) is 0.750. The topological polar surface area (TPSA) is 58.6 Å². The van der Waals surface area contributed by atoms with Crippen molar-refractivity contribution in [3.63, 3.8) is 0 Å². The minimum absolute atomic E-state index is 0.147. The molecule has 0 aromatic rings. The molecule has 1 heterocycles. The summed E-state index contributed by atoms with van der Waals surface area (Å²) < 4.78 is 4.51. The van der Waals surface area contributed by atoms with E-state index in [1.54, 1.807) is 0 Å². The highest BCUT2D eigenvalue weighted by Gasteiger charge is 2.20. The lowest BCUT2D eigenvalue weighted by molar-refractivity contribution is -0.141. The van der Waals surface area contributed by atoms with E-state index in [9.17, 15) is 4.79 Å². The van der Waals surface area contributed by atoms with Crippen LogP contribution in [0, 0.1) is 0 Å². The van der Waals surface area contributed by atoms with Gasteiger partial charge in [-0.05, 0) is 0 Å². The Hall–Kier alpha value is -0.610. The number of carbonyl (C=O) groups is 1. The maximum absolute atomic E-state index is 10.2. The highest BCUT2D eigenvalue weighted by molar-refractivity contribution is 5.73. The third-order valence-corrected chi connectivity index (χ3v) is 0.914. The normalized spacial score (nSPS) is 28.1. The molecule has 0 bridgehead atoms. The first-order valence-electron chi connectivity index (χ1n) is 2.36. The van der Waals surface area contributed by atoms with Gasteiger partial charge >= 0.3 is 5.97 Å². The fourth-order valence-electron chi connectivity index (χ4n) is 0.541. The second-order valence-electron chi connectivity index (χ2n) is 1.54. The largest absolute Gasteiger partial charge is 0.443 e. The van der Waals surface area contributed by atoms with Crippen molar-refractivity contribution >= 4 is 5.97 Å². The van der Waals surface area contributed by atoms with Crippen LogP contribution in [0.4, 0.5) is 0 Å². The van der Waals surface area contributed by atoms with E-state index in [0.29, 0.717) is 0 Å². The second kappa shape index (κ2) is 2.11. The van der Waals surface area contributed by atoms with Gasteiger partial charge in [-0.15, -0.1) is 0 Å². The molecule has 1 rings (SSSR count). The van der Waals surface area contributed by atoms with E-state index in [-0.39, 0.29) is 19.1 Å². The number of ether oxygens (including phenoxy) is 1. The van der Waals surface area contributed by atoms with Gasteiger partial charge in [0.1, 0.15) is 0 Å². The van der Waals surface area contributed by atoms with Gasteiger partial charge in [-0.2, -0.15) is 0 Å². The first-order chi connectivity index (χ1) is 3.83. The zero-order chi connectivity index (χ0) is 5.98. The number of esters is 1. The number of carbonyl (C=O) groups excluding carboxylic acids is 1. The van der Waals surface area contributed by atoms with Crippen LogP contribution in [-0.2, 0) is 9.53 Å². The third-order valence-electron chi connectivity index (χ3n) is 0.914. The van der Waals surface area contributed by atoms with Gasteiger partial charge in [0.25, 0.3) is 0 Å². The van der Waals surface area contributed by atoms with Gasteiger partial charge in [-0.3, -0.25) is 10.1 Å². The van der Waals surface area contributed by atoms with Gasteiger partial charge in [-0.25, -0.2) is 0 Å². The van der Waals surface area contributed by atoms with Gasteiger partial charge in [0, 0.05) is 0 Å². The molecule has 0 aromatic heterocycles. The standard InChI is InChI=1S/C4H7NO3/c6-2-3-5-1-4(7)8-3/h3,5-6H,1-2H2. The zero-order valence-electron chi connectivity index (χ0n) is 4.26. The summed E-state index contributed by atoms with van der Waals surface area (Å²) in [6.45, 7) is 0.0664. The Bertz CT molecular complexity index is 103. The molecule has 8 heavy (non-hydrogen) atoms. The van der Waals surface area contributed by atoms with Crippen LogP contribution < -0.4 is 5.32 Å². The Morgan fingerprint density at radius 1 is 2.00 bits per heavy atom. The number of hydrogen-bond donors (Lipinski definition) is 2. The Labute approximate surface area is 46.4 Å². The molecular formula is C4H7NO3. The van der Waals surface area contributed by atoms with Crippen molar-refractivity contribution in [3.05, 3.63) is 0 Å². The minimum atomic E-state index is -0.470. The summed E-state index contributed by atoms with van der Waals surface area (Å²) in [5.41, 5.74) is 0. The van der Waals surface area contributed by atoms with Crippen LogP contribution in [-0.4, -0.2) is 30.5 Å². The van der Waals surface area contributed by atoms with Crippen LogP contribution in [0.2, 0.25) is 0 Å². The van der Waals surface area contributed by atoms with Gasteiger partial charge < -0.3 is 9.84 Å². The SMILES string of the molecule is O=C1CNC(CO)O1. The van der Waals surface area contributed by atoms with Crippen molar-refractivity contribution < 1.29 is 14.6 Å². The molecule has 0 spiro atoms. The highest BCUT2D eigenvalue weighted by Crippen LogP contribution is 1.93. The molecule has 4 heteroatoms. The van der Waals surface area contributed by atoms with E-state index in [1.807, 2.05) is 0 Å². The number of rotatable bonds is 1. The van der Waals surface area contributed by atoms with E-state index < -0.39 is 6.23 Å². The van der Waals surface area contributed by atoms with Crippen molar-refractivity contribution in [2.45, 2.75) is 6.23 Å². The monoisotopic (exact) mass is 117 g/mol. The number of nitrogens with one attached hydrogen (secondary N) is 1. The molecule has 1 unspecified atom stereocenters. The first kappa shape index (κ1) is 5.53. The summed E-state index contributed by atoms with van der Waals surface area (Å²) >= 11 is 0. The van der Waals surface area contributed by atoms with E-state index in [4.69, 9.17) is 5.11 Å². The Kier molecular flexibility index (Phi) is 1.45. The number of hydrogen-bond acceptors (Lipinski definition) is 4. The molecule has 4 nitrogen and oxygen atoms in total. The van der Waals surface area contributed by atoms with Crippen molar-refractivity contribution in [2.24, 2.45) is 0 Å². The smallest absolute Gasteiger partial charge is 0.321 e. The Morgan fingerprint density at radius 3 is 3.00 bits per heavy atom. The molecule has 0 radical (unpaired) electrons. The molecule has 0 aliphatic carbocycles. The van der Waals surface area contributed by atoms with E-state index in [0.717, 1.165) is 0 Å². The Morgan fingerprint density at radius 2 is 2.75 bits per heavy atom. The molecule has 1 fully saturated rings. The molecule has 1 aliphatic rings. The van der Waals surface area contributed by atoms with E-state index in [1.165, 1.54) is 0 Å². The lowest BCUT2D eigenvalue weighted by Gasteiger charge is -2.01. The Balaban J connectivity index is 2.32. The average molecular weight is 117 g/mol. The van der Waals surface area contributed by atoms with Crippen LogP contribution in [0.15, 0.2) is 0 Å². The number of aliphatic hydroxyl groups excluding tert-OH is 1. The van der Waals surface area contributed by atoms with Crippen molar-refractivity contribution in [1.82, 2.24) is 5.32 Å². The molecule has 1 aliphatic heterocycles. The lowest BCUT2D eigenvalue weighted by Crippen LogP contribution is -2.25. The van der Waals surface area contributed by atoms with Crippen LogP contribution in [0.25, 0.3) is 0 Å². The molecular weight excluding hydrogens is 110 g/mol. The van der Waals surface area contributed by atoms with E-state index in [2.05, 4.69) is 10.1 Å². The van der Waals surface area contributed by atoms with Gasteiger partial charge in [0.15, 0.2) is 6.23 Å². The lowest BCUT2D eigenvalue weighted by atomic mass is 10.6. The predicted octanol–water partition coefficient (Wildman–Crippen LogP) is -1.55. The fourth-order valence-corrected chi connectivity index (χ4v) is 0.541. The van der Waals surface area contributed by atoms with Gasteiger partial charge in [0.2, 0.25) is 0 Å². The molecule has 1 atom stereocenters. The summed E-state index contributed by atoms with van der Waals surface area (Å²) in [5, 5.41) is 11.0. The highest BCUT2D eigenvalue weighted by atomic mass is 16.6. The summed E-state index contributed by atoms with van der Waals surface area (Å²) in [4.78, 5) is 10.2. The maximum atomic E-state index is 10.2. The molecule has 0 amide bonds. The number of cyclic esters (lactones) is 1. The molecule has 2 N–H and O–H groups in total. The minimum Gasteiger partial charge on any atom is -0.443 e. The van der Waals surface area contributed by atoms with Crippen LogP contribution in [0.5, 0.6) is 0 Å². The molecule has 0 saturated carbocycles. The van der Waals surface area contributed by atoms with Crippen LogP contribution >= 0.6 is 0 Å². The van der Waals surface area contributed by atoms with Crippen LogP contribution in [0.3, 0.4) is 0 Å². The summed E-state index contributed by atoms with van der Waals surface area (Å²) in [7, 11) is 0. The molecule has 0 aromatic carbocycles. The second-order valence-corrected chi connectivity index (χ2v) is 1.54. The summed E-state index contributed by atoms with van der Waals surface area (Å²) in [5.74, 6) is -0.302. The van der Waals surface area contributed by atoms with Gasteiger partial charge in [-0.1, -0.05) is 0 Å². The average Bonchev–Trinajstić information content (AvgIpc) is 2.14. The first-order valence-corrected chi connectivity index (χ1v) is 2.36. The van der Waals surface area contributed by atoms with Crippen molar-refractivity contribution in [3.8, 4) is 0 Å². The third kappa shape index (κ3) is 0.962. The maximum Gasteiger partial charge on any atom is 0.321 e. The van der Waals surface area contributed by atoms with E-state index >= 15 is 0 Å². The van der Waals surface area contributed by atoms with Crippen molar-refractivity contribution in [1.29, 1.82) is 0 Å². The zero-order valence-corrected chi connectivity index (χ0v) is 4.26. The molecule has 1 saturated heterocycles. The predicted molar refractivity (Wildman–Crippen MR) is 25.0 cm³/mol.